The molecular formula is C22H27F4N3. The van der Waals surface area contributed by atoms with E-state index in [-0.39, 0.29) is 18.8 Å². The Labute approximate surface area is 168 Å². The van der Waals surface area contributed by atoms with Gasteiger partial charge in [0, 0.05) is 18.2 Å². The summed E-state index contributed by atoms with van der Waals surface area (Å²) >= 11 is 0. The van der Waals surface area contributed by atoms with E-state index in [1.54, 1.807) is 18.3 Å². The highest BCUT2D eigenvalue weighted by Gasteiger charge is 2.55. The van der Waals surface area contributed by atoms with Gasteiger partial charge in [-0.05, 0) is 69.5 Å². The van der Waals surface area contributed by atoms with Crippen molar-refractivity contribution in [2.45, 2.75) is 50.9 Å². The topological polar surface area (TPSA) is 42.2 Å². The van der Waals surface area contributed by atoms with Crippen LogP contribution in [0.1, 0.15) is 37.9 Å². The maximum Gasteiger partial charge on any atom is 0.404 e. The van der Waals surface area contributed by atoms with Gasteiger partial charge in [-0.25, -0.2) is 4.39 Å². The Morgan fingerprint density at radius 3 is 2.41 bits per heavy atom. The molecule has 2 heterocycles. The summed E-state index contributed by atoms with van der Waals surface area (Å²) < 4.78 is 54.1. The van der Waals surface area contributed by atoms with Crippen molar-refractivity contribution in [2.75, 3.05) is 13.1 Å². The fraction of sp³-hybridized carbons (Fsp3) is 0.500. The standard InChI is InChI=1S/C22H27F4N3/c1-20(2,18-5-3-4-13-28-18)29-14-12-21(15-29,19(27)22(24,25)26)11-10-16-6-8-17(23)9-7-16/h3-9,13,19H,10-12,14-15,27H2,1-2H3/t19?,21-/m1/s1. The van der Waals surface area contributed by atoms with Crippen molar-refractivity contribution in [1.29, 1.82) is 0 Å². The lowest BCUT2D eigenvalue weighted by Crippen LogP contribution is -2.54. The van der Waals surface area contributed by atoms with E-state index in [4.69, 9.17) is 5.73 Å². The predicted molar refractivity (Wildman–Crippen MR) is 105 cm³/mol. The first-order valence-corrected chi connectivity index (χ1v) is 9.78. The third-order valence-corrected chi connectivity index (χ3v) is 6.30. The number of nitrogens with two attached hydrogens (primary N) is 1. The molecule has 0 amide bonds. The molecule has 1 unspecified atom stereocenters. The van der Waals surface area contributed by atoms with E-state index in [0.717, 1.165) is 11.3 Å². The fourth-order valence-corrected chi connectivity index (χ4v) is 4.26. The van der Waals surface area contributed by atoms with Crippen LogP contribution in [0.2, 0.25) is 0 Å². The van der Waals surface area contributed by atoms with Gasteiger partial charge >= 0.3 is 6.18 Å². The van der Waals surface area contributed by atoms with Crippen molar-refractivity contribution in [1.82, 2.24) is 9.88 Å². The summed E-state index contributed by atoms with van der Waals surface area (Å²) in [6.07, 6.45) is -1.73. The van der Waals surface area contributed by atoms with Gasteiger partial charge in [0.1, 0.15) is 11.9 Å². The van der Waals surface area contributed by atoms with Crippen LogP contribution in [0.5, 0.6) is 0 Å². The average Bonchev–Trinajstić information content (AvgIpc) is 3.13. The van der Waals surface area contributed by atoms with Gasteiger partial charge in [0.25, 0.3) is 0 Å². The Kier molecular flexibility index (Phi) is 6.01. The zero-order valence-corrected chi connectivity index (χ0v) is 16.7. The minimum atomic E-state index is -4.48. The highest BCUT2D eigenvalue weighted by atomic mass is 19.4. The predicted octanol–water partition coefficient (Wildman–Crippen LogP) is 4.67. The molecule has 2 atom stereocenters. The summed E-state index contributed by atoms with van der Waals surface area (Å²) in [5, 5.41) is 0. The molecule has 1 aliphatic rings. The Hall–Kier alpha value is -1.99. The first-order chi connectivity index (χ1) is 13.5. The molecule has 7 heteroatoms. The van der Waals surface area contributed by atoms with Crippen LogP contribution in [0.25, 0.3) is 0 Å². The molecule has 2 aromatic rings. The number of rotatable bonds is 6. The summed E-state index contributed by atoms with van der Waals surface area (Å²) in [5.41, 5.74) is 5.81. The van der Waals surface area contributed by atoms with Crippen LogP contribution >= 0.6 is 0 Å². The average molecular weight is 409 g/mol. The molecule has 1 fully saturated rings. The highest BCUT2D eigenvalue weighted by Crippen LogP contribution is 2.46. The molecule has 1 aromatic carbocycles. The molecule has 0 saturated carbocycles. The second-order valence-electron chi connectivity index (χ2n) is 8.45. The summed E-state index contributed by atoms with van der Waals surface area (Å²) in [5.74, 6) is -0.361. The first kappa shape index (κ1) is 21.7. The van der Waals surface area contributed by atoms with E-state index in [9.17, 15) is 17.6 Å². The van der Waals surface area contributed by atoms with Crippen LogP contribution in [0, 0.1) is 11.2 Å². The Bertz CT molecular complexity index is 805. The maximum atomic E-state index is 13.7. The number of likely N-dealkylation sites (tertiary alicyclic amines) is 1. The van der Waals surface area contributed by atoms with E-state index in [2.05, 4.69) is 4.98 Å². The van der Waals surface area contributed by atoms with Crippen LogP contribution in [-0.2, 0) is 12.0 Å². The van der Waals surface area contributed by atoms with Gasteiger partial charge in [-0.3, -0.25) is 9.88 Å². The minimum Gasteiger partial charge on any atom is -0.320 e. The summed E-state index contributed by atoms with van der Waals surface area (Å²) in [7, 11) is 0. The van der Waals surface area contributed by atoms with Crippen LogP contribution in [-0.4, -0.2) is 35.2 Å². The number of aryl methyl sites for hydroxylation is 1. The molecule has 3 rings (SSSR count). The zero-order valence-electron chi connectivity index (χ0n) is 16.7. The van der Waals surface area contributed by atoms with E-state index < -0.39 is 23.2 Å². The number of nitrogens with zero attached hydrogens (tertiary/aromatic N) is 2. The van der Waals surface area contributed by atoms with Gasteiger partial charge in [0.15, 0.2) is 0 Å². The second kappa shape index (κ2) is 8.03. The third-order valence-electron chi connectivity index (χ3n) is 6.30. The normalized spacial score (nSPS) is 22.0. The number of hydrogen-bond acceptors (Lipinski definition) is 3. The van der Waals surface area contributed by atoms with Gasteiger partial charge in [0.2, 0.25) is 0 Å². The SMILES string of the molecule is CC(C)(c1ccccn1)N1CC[C@@](CCc2ccc(F)cc2)(C(N)C(F)(F)F)C1. The monoisotopic (exact) mass is 409 g/mol. The van der Waals surface area contributed by atoms with E-state index in [1.165, 1.54) is 12.1 Å². The van der Waals surface area contributed by atoms with Crippen LogP contribution < -0.4 is 5.73 Å². The summed E-state index contributed by atoms with van der Waals surface area (Å²) in [4.78, 5) is 6.45. The van der Waals surface area contributed by atoms with Crippen molar-refractivity contribution in [3.8, 4) is 0 Å². The van der Waals surface area contributed by atoms with Crippen molar-refractivity contribution >= 4 is 0 Å². The molecule has 0 spiro atoms. The van der Waals surface area contributed by atoms with E-state index in [0.29, 0.717) is 19.4 Å². The van der Waals surface area contributed by atoms with Gasteiger partial charge in [-0.2, -0.15) is 13.2 Å². The third kappa shape index (κ3) is 4.61. The Morgan fingerprint density at radius 2 is 1.83 bits per heavy atom. The molecule has 0 aliphatic carbocycles. The van der Waals surface area contributed by atoms with Gasteiger partial charge < -0.3 is 5.73 Å². The maximum absolute atomic E-state index is 13.7. The van der Waals surface area contributed by atoms with Crippen LogP contribution in [0.4, 0.5) is 17.6 Å². The largest absolute Gasteiger partial charge is 0.404 e. The van der Waals surface area contributed by atoms with Crippen LogP contribution in [0.15, 0.2) is 48.7 Å². The van der Waals surface area contributed by atoms with Crippen LogP contribution in [0.3, 0.4) is 0 Å². The molecule has 1 aliphatic heterocycles. The molecule has 2 N–H and O–H groups in total. The quantitative estimate of drug-likeness (QED) is 0.705. The fourth-order valence-electron chi connectivity index (χ4n) is 4.26. The lowest BCUT2D eigenvalue weighted by molar-refractivity contribution is -0.174. The lowest BCUT2D eigenvalue weighted by Gasteiger charge is -2.40. The molecule has 0 radical (unpaired) electrons. The number of benzene rings is 1. The Morgan fingerprint density at radius 1 is 1.14 bits per heavy atom. The van der Waals surface area contributed by atoms with Crippen molar-refractivity contribution < 1.29 is 17.6 Å². The van der Waals surface area contributed by atoms with E-state index in [1.807, 2.05) is 36.9 Å². The van der Waals surface area contributed by atoms with Gasteiger partial charge in [0.05, 0.1) is 11.2 Å². The van der Waals surface area contributed by atoms with Gasteiger partial charge in [-0.1, -0.05) is 18.2 Å². The van der Waals surface area contributed by atoms with E-state index >= 15 is 0 Å². The molecule has 1 saturated heterocycles. The Balaban J connectivity index is 1.84. The number of halogens is 4. The van der Waals surface area contributed by atoms with Crippen molar-refractivity contribution in [3.63, 3.8) is 0 Å². The van der Waals surface area contributed by atoms with Gasteiger partial charge in [-0.15, -0.1) is 0 Å². The lowest BCUT2D eigenvalue weighted by atomic mass is 9.74. The van der Waals surface area contributed by atoms with Crippen molar-refractivity contribution in [3.05, 3.63) is 65.7 Å². The molecule has 158 valence electrons. The van der Waals surface area contributed by atoms with Crippen molar-refractivity contribution in [2.24, 2.45) is 11.1 Å². The number of alkyl halides is 3. The number of hydrogen-bond donors (Lipinski definition) is 1. The molecular weight excluding hydrogens is 382 g/mol. The highest BCUT2D eigenvalue weighted by molar-refractivity contribution is 5.19. The molecule has 3 nitrogen and oxygen atoms in total. The zero-order chi connectivity index (χ0) is 21.3. The smallest absolute Gasteiger partial charge is 0.320 e. The minimum absolute atomic E-state index is 0.235. The molecule has 29 heavy (non-hydrogen) atoms. The number of pyridine rings is 1. The second-order valence-corrected chi connectivity index (χ2v) is 8.45. The summed E-state index contributed by atoms with van der Waals surface area (Å²) in [6.45, 7) is 4.70. The number of aromatic nitrogens is 1. The summed E-state index contributed by atoms with van der Waals surface area (Å²) in [6, 6.07) is 9.56. The first-order valence-electron chi connectivity index (χ1n) is 9.78. The molecule has 1 aromatic heterocycles. The molecule has 0 bridgehead atoms.